The smallest absolute Gasteiger partial charge is 0.303 e. The minimum atomic E-state index is -0.866. The molecule has 1 unspecified atom stereocenters. The maximum atomic E-state index is 12.1. The molecule has 1 N–H and O–H groups in total. The molecule has 0 saturated heterocycles. The molecule has 1 amide bonds. The summed E-state index contributed by atoms with van der Waals surface area (Å²) in [5, 5.41) is 8.70. The average Bonchev–Trinajstić information content (AvgIpc) is 2.26. The van der Waals surface area contributed by atoms with Crippen LogP contribution in [0.1, 0.15) is 30.9 Å². The predicted molar refractivity (Wildman–Crippen MR) is 75.4 cm³/mol. The van der Waals surface area contributed by atoms with Crippen molar-refractivity contribution in [3.8, 4) is 0 Å². The van der Waals surface area contributed by atoms with Crippen LogP contribution in [0.4, 0.5) is 5.69 Å². The number of carboxylic acids is 1. The van der Waals surface area contributed by atoms with Crippen LogP contribution in [0.2, 0.25) is 0 Å². The first kappa shape index (κ1) is 15.2. The third-order valence-electron chi connectivity index (χ3n) is 3.13. The van der Waals surface area contributed by atoms with Gasteiger partial charge in [-0.2, -0.15) is 0 Å². The summed E-state index contributed by atoms with van der Waals surface area (Å²) in [5.41, 5.74) is 3.07. The number of benzene rings is 1. The number of nitrogens with zero attached hydrogens (tertiary/aromatic N) is 1. The van der Waals surface area contributed by atoms with Gasteiger partial charge in [0.15, 0.2) is 0 Å². The van der Waals surface area contributed by atoms with E-state index >= 15 is 0 Å². The van der Waals surface area contributed by atoms with Gasteiger partial charge in [-0.25, -0.2) is 0 Å². The highest BCUT2D eigenvalue weighted by atomic mass is 16.4. The fraction of sp³-hybridized carbons (Fsp3) is 0.467. The van der Waals surface area contributed by atoms with E-state index in [9.17, 15) is 9.59 Å². The van der Waals surface area contributed by atoms with Crippen molar-refractivity contribution in [2.45, 2.75) is 33.6 Å². The van der Waals surface area contributed by atoms with Gasteiger partial charge in [0.1, 0.15) is 0 Å². The van der Waals surface area contributed by atoms with Crippen LogP contribution in [-0.2, 0) is 9.59 Å². The van der Waals surface area contributed by atoms with Crippen molar-refractivity contribution in [1.29, 1.82) is 0 Å². The van der Waals surface area contributed by atoms with E-state index in [4.69, 9.17) is 5.11 Å². The lowest BCUT2D eigenvalue weighted by Crippen LogP contribution is -2.28. The molecular formula is C15H21NO3. The van der Waals surface area contributed by atoms with Gasteiger partial charge in [0.05, 0.1) is 0 Å². The largest absolute Gasteiger partial charge is 0.481 e. The lowest BCUT2D eigenvalue weighted by molar-refractivity contribution is -0.138. The van der Waals surface area contributed by atoms with Crippen LogP contribution >= 0.6 is 0 Å². The lowest BCUT2D eigenvalue weighted by atomic mass is 10.0. The van der Waals surface area contributed by atoms with Crippen molar-refractivity contribution in [3.05, 3.63) is 29.3 Å². The molecule has 4 heteroatoms. The molecule has 1 aromatic carbocycles. The number of aryl methyl sites for hydroxylation is 2. The number of carboxylic acid groups (broad SMARTS) is 1. The minimum Gasteiger partial charge on any atom is -0.481 e. The molecule has 0 heterocycles. The van der Waals surface area contributed by atoms with Crippen molar-refractivity contribution in [1.82, 2.24) is 0 Å². The fourth-order valence-corrected chi connectivity index (χ4v) is 2.12. The van der Waals surface area contributed by atoms with Gasteiger partial charge in [0.25, 0.3) is 0 Å². The Morgan fingerprint density at radius 3 is 2.42 bits per heavy atom. The van der Waals surface area contributed by atoms with E-state index in [0.29, 0.717) is 0 Å². The molecule has 0 fully saturated rings. The van der Waals surface area contributed by atoms with Crippen LogP contribution in [0.3, 0.4) is 0 Å². The number of hydrogen-bond donors (Lipinski definition) is 1. The molecule has 1 aromatic rings. The topological polar surface area (TPSA) is 57.6 Å². The standard InChI is InChI=1S/C15H21NO3/c1-10-5-6-13(12(3)7-10)16(4)14(17)8-11(2)9-15(18)19/h5-7,11H,8-9H2,1-4H3,(H,18,19). The molecule has 104 valence electrons. The summed E-state index contributed by atoms with van der Waals surface area (Å²) in [6.07, 6.45) is 0.266. The van der Waals surface area contributed by atoms with Crippen LogP contribution in [0.5, 0.6) is 0 Å². The van der Waals surface area contributed by atoms with Crippen molar-refractivity contribution in [2.24, 2.45) is 5.92 Å². The van der Waals surface area contributed by atoms with E-state index in [-0.39, 0.29) is 24.7 Å². The highest BCUT2D eigenvalue weighted by molar-refractivity contribution is 5.93. The van der Waals surface area contributed by atoms with E-state index in [1.165, 1.54) is 0 Å². The predicted octanol–water partition coefficient (Wildman–Crippen LogP) is 2.77. The maximum absolute atomic E-state index is 12.1. The van der Waals surface area contributed by atoms with Crippen LogP contribution in [0.15, 0.2) is 18.2 Å². The zero-order valence-corrected chi connectivity index (χ0v) is 11.9. The zero-order valence-electron chi connectivity index (χ0n) is 11.9. The third kappa shape index (κ3) is 4.39. The Labute approximate surface area is 114 Å². The van der Waals surface area contributed by atoms with Crippen molar-refractivity contribution in [3.63, 3.8) is 0 Å². The van der Waals surface area contributed by atoms with E-state index in [1.807, 2.05) is 32.0 Å². The molecule has 0 spiro atoms. The molecule has 0 aliphatic heterocycles. The van der Waals surface area contributed by atoms with E-state index in [2.05, 4.69) is 0 Å². The molecule has 0 radical (unpaired) electrons. The Morgan fingerprint density at radius 1 is 1.26 bits per heavy atom. The molecule has 0 aromatic heterocycles. The fourth-order valence-electron chi connectivity index (χ4n) is 2.12. The number of carbonyl (C=O) groups is 2. The molecule has 4 nitrogen and oxygen atoms in total. The van der Waals surface area contributed by atoms with Gasteiger partial charge in [-0.1, -0.05) is 24.6 Å². The van der Waals surface area contributed by atoms with Crippen LogP contribution in [0.25, 0.3) is 0 Å². The monoisotopic (exact) mass is 263 g/mol. The van der Waals surface area contributed by atoms with Gasteiger partial charge in [0.2, 0.25) is 5.91 Å². The first-order valence-electron chi connectivity index (χ1n) is 6.37. The molecule has 0 saturated carbocycles. The molecule has 19 heavy (non-hydrogen) atoms. The van der Waals surface area contributed by atoms with Crippen molar-refractivity contribution >= 4 is 17.6 Å². The van der Waals surface area contributed by atoms with Crippen molar-refractivity contribution in [2.75, 3.05) is 11.9 Å². The third-order valence-corrected chi connectivity index (χ3v) is 3.13. The van der Waals surface area contributed by atoms with Gasteiger partial charge < -0.3 is 10.0 Å². The molecule has 0 bridgehead atoms. The average molecular weight is 263 g/mol. The second-order valence-electron chi connectivity index (χ2n) is 5.15. The number of carbonyl (C=O) groups excluding carboxylic acids is 1. The Bertz CT molecular complexity index is 482. The minimum absolute atomic E-state index is 0.0203. The highest BCUT2D eigenvalue weighted by Gasteiger charge is 2.17. The summed E-state index contributed by atoms with van der Waals surface area (Å²) in [4.78, 5) is 24.3. The first-order valence-corrected chi connectivity index (χ1v) is 6.37. The summed E-state index contributed by atoms with van der Waals surface area (Å²) >= 11 is 0. The molecule has 0 aliphatic carbocycles. The SMILES string of the molecule is Cc1ccc(N(C)C(=O)CC(C)CC(=O)O)c(C)c1. The van der Waals surface area contributed by atoms with Crippen molar-refractivity contribution < 1.29 is 14.7 Å². The Morgan fingerprint density at radius 2 is 1.89 bits per heavy atom. The molecule has 1 rings (SSSR count). The van der Waals surface area contributed by atoms with E-state index in [1.54, 1.807) is 18.9 Å². The second kappa shape index (κ2) is 6.36. The summed E-state index contributed by atoms with van der Waals surface area (Å²) in [6.45, 7) is 5.75. The summed E-state index contributed by atoms with van der Waals surface area (Å²) in [7, 11) is 1.73. The lowest BCUT2D eigenvalue weighted by Gasteiger charge is -2.21. The van der Waals surface area contributed by atoms with Gasteiger partial charge in [-0.15, -0.1) is 0 Å². The number of amides is 1. The Hall–Kier alpha value is -1.84. The van der Waals surface area contributed by atoms with Crippen LogP contribution < -0.4 is 4.90 Å². The first-order chi connectivity index (χ1) is 8.81. The number of hydrogen-bond acceptors (Lipinski definition) is 2. The van der Waals surface area contributed by atoms with E-state index in [0.717, 1.165) is 16.8 Å². The summed E-state index contributed by atoms with van der Waals surface area (Å²) in [5.74, 6) is -1.08. The Kier molecular flexibility index (Phi) is 5.10. The number of anilines is 1. The second-order valence-corrected chi connectivity index (χ2v) is 5.15. The highest BCUT2D eigenvalue weighted by Crippen LogP contribution is 2.21. The zero-order chi connectivity index (χ0) is 14.6. The van der Waals surface area contributed by atoms with Crippen LogP contribution in [0, 0.1) is 19.8 Å². The van der Waals surface area contributed by atoms with Gasteiger partial charge in [-0.3, -0.25) is 9.59 Å². The normalized spacial score (nSPS) is 12.0. The van der Waals surface area contributed by atoms with Gasteiger partial charge in [0, 0.05) is 25.6 Å². The molecule has 1 atom stereocenters. The number of aliphatic carboxylic acids is 1. The van der Waals surface area contributed by atoms with E-state index < -0.39 is 5.97 Å². The number of rotatable bonds is 5. The van der Waals surface area contributed by atoms with Crippen LogP contribution in [-0.4, -0.2) is 24.0 Å². The van der Waals surface area contributed by atoms with Gasteiger partial charge >= 0.3 is 5.97 Å². The Balaban J connectivity index is 2.74. The quantitative estimate of drug-likeness (QED) is 0.888. The maximum Gasteiger partial charge on any atom is 0.303 e. The summed E-state index contributed by atoms with van der Waals surface area (Å²) in [6, 6.07) is 5.91. The molecular weight excluding hydrogens is 242 g/mol. The van der Waals surface area contributed by atoms with Gasteiger partial charge in [-0.05, 0) is 31.4 Å². The molecule has 0 aliphatic rings. The summed E-state index contributed by atoms with van der Waals surface area (Å²) < 4.78 is 0.